The largest absolute Gasteiger partial charge is 0.486 e. The van der Waals surface area contributed by atoms with Gasteiger partial charge in [0.25, 0.3) is 0 Å². The molecule has 0 bridgehead atoms. The van der Waals surface area contributed by atoms with Crippen molar-refractivity contribution in [3.8, 4) is 5.75 Å². The molecule has 1 heterocycles. The van der Waals surface area contributed by atoms with Gasteiger partial charge >= 0.3 is 0 Å². The molecule has 20 heavy (non-hydrogen) atoms. The van der Waals surface area contributed by atoms with Gasteiger partial charge < -0.3 is 9.94 Å². The van der Waals surface area contributed by atoms with Crippen molar-refractivity contribution in [1.29, 1.82) is 0 Å². The van der Waals surface area contributed by atoms with Crippen molar-refractivity contribution in [2.24, 2.45) is 5.16 Å². The fourth-order valence-electron chi connectivity index (χ4n) is 2.51. The Kier molecular flexibility index (Phi) is 3.69. The Hall–Kier alpha value is -1.88. The van der Waals surface area contributed by atoms with Gasteiger partial charge in [0.05, 0.1) is 5.71 Å². The Balaban J connectivity index is 1.83. The number of fused-ring (bicyclic) bond motifs is 1. The first-order valence-electron chi connectivity index (χ1n) is 6.65. The van der Waals surface area contributed by atoms with Crippen LogP contribution in [0.15, 0.2) is 28.7 Å². The maximum absolute atomic E-state index is 9.08. The summed E-state index contributed by atoms with van der Waals surface area (Å²) in [5, 5.41) is 15.5. The summed E-state index contributed by atoms with van der Waals surface area (Å²) in [6.45, 7) is 2.47. The van der Waals surface area contributed by atoms with Gasteiger partial charge in [-0.1, -0.05) is 17.3 Å². The van der Waals surface area contributed by atoms with E-state index in [1.165, 1.54) is 0 Å². The van der Waals surface area contributed by atoms with Crippen LogP contribution in [-0.2, 0) is 13.0 Å². The maximum atomic E-state index is 9.08. The number of nitrogens with zero attached hydrogens (tertiary/aromatic N) is 2. The third-order valence-corrected chi connectivity index (χ3v) is 4.36. The van der Waals surface area contributed by atoms with Gasteiger partial charge in [0.15, 0.2) is 0 Å². The van der Waals surface area contributed by atoms with Crippen LogP contribution in [0.5, 0.6) is 5.75 Å². The minimum Gasteiger partial charge on any atom is -0.486 e. The summed E-state index contributed by atoms with van der Waals surface area (Å²) < 4.78 is 5.91. The molecular weight excluding hydrogens is 272 g/mol. The second-order valence-electron chi connectivity index (χ2n) is 4.85. The van der Waals surface area contributed by atoms with E-state index in [0.29, 0.717) is 6.61 Å². The second-order valence-corrected chi connectivity index (χ2v) is 5.80. The van der Waals surface area contributed by atoms with E-state index in [9.17, 15) is 0 Å². The maximum Gasteiger partial charge on any atom is 0.140 e. The third-order valence-electron chi connectivity index (χ3n) is 3.42. The van der Waals surface area contributed by atoms with Crippen LogP contribution in [0.25, 0.3) is 0 Å². The molecule has 4 nitrogen and oxygen atoms in total. The van der Waals surface area contributed by atoms with E-state index in [0.717, 1.165) is 52.6 Å². The Morgan fingerprint density at radius 2 is 2.30 bits per heavy atom. The highest BCUT2D eigenvalue weighted by Crippen LogP contribution is 2.30. The van der Waals surface area contributed by atoms with Crippen molar-refractivity contribution >= 4 is 17.0 Å². The van der Waals surface area contributed by atoms with Gasteiger partial charge in [0.1, 0.15) is 17.4 Å². The molecule has 0 radical (unpaired) electrons. The second kappa shape index (κ2) is 5.63. The van der Waals surface area contributed by atoms with Crippen LogP contribution in [0, 0.1) is 6.92 Å². The van der Waals surface area contributed by atoms with Gasteiger partial charge in [-0.3, -0.25) is 0 Å². The summed E-state index contributed by atoms with van der Waals surface area (Å²) in [6, 6.07) is 5.90. The van der Waals surface area contributed by atoms with Crippen LogP contribution >= 0.6 is 11.3 Å². The number of benzene rings is 1. The quantitative estimate of drug-likeness (QED) is 0.694. The van der Waals surface area contributed by atoms with E-state index in [1.807, 2.05) is 30.5 Å². The van der Waals surface area contributed by atoms with E-state index < -0.39 is 0 Å². The average molecular weight is 288 g/mol. The molecule has 1 aliphatic carbocycles. The van der Waals surface area contributed by atoms with Crippen molar-refractivity contribution in [3.05, 3.63) is 45.4 Å². The van der Waals surface area contributed by atoms with Crippen LogP contribution in [0.3, 0.4) is 0 Å². The van der Waals surface area contributed by atoms with E-state index in [1.54, 1.807) is 11.3 Å². The van der Waals surface area contributed by atoms with Gasteiger partial charge in [-0.25, -0.2) is 4.98 Å². The van der Waals surface area contributed by atoms with Crippen molar-refractivity contribution in [2.75, 3.05) is 0 Å². The minimum absolute atomic E-state index is 0.487. The highest BCUT2D eigenvalue weighted by atomic mass is 32.1. The molecule has 0 aliphatic heterocycles. The molecule has 0 spiro atoms. The van der Waals surface area contributed by atoms with Crippen molar-refractivity contribution in [3.63, 3.8) is 0 Å². The molecule has 0 amide bonds. The molecule has 0 saturated carbocycles. The summed E-state index contributed by atoms with van der Waals surface area (Å²) in [6.07, 6.45) is 2.77. The number of aromatic nitrogens is 1. The Bertz CT molecular complexity index is 649. The van der Waals surface area contributed by atoms with Crippen molar-refractivity contribution in [2.45, 2.75) is 32.8 Å². The SMILES string of the molecule is Cc1csc(COc2cccc3c2CCC/C3=N\O)n1. The van der Waals surface area contributed by atoms with Crippen LogP contribution in [0.2, 0.25) is 0 Å². The van der Waals surface area contributed by atoms with Gasteiger partial charge in [-0.05, 0) is 32.3 Å². The highest BCUT2D eigenvalue weighted by molar-refractivity contribution is 7.09. The number of oxime groups is 1. The molecule has 2 aromatic rings. The number of ether oxygens (including phenoxy) is 1. The van der Waals surface area contributed by atoms with E-state index in [-0.39, 0.29) is 0 Å². The van der Waals surface area contributed by atoms with Gasteiger partial charge in [0, 0.05) is 22.2 Å². The zero-order valence-electron chi connectivity index (χ0n) is 11.3. The average Bonchev–Trinajstić information content (AvgIpc) is 2.90. The number of aryl methyl sites for hydroxylation is 1. The number of hydrogen-bond acceptors (Lipinski definition) is 5. The fraction of sp³-hybridized carbons (Fsp3) is 0.333. The van der Waals surface area contributed by atoms with Gasteiger partial charge in [-0.15, -0.1) is 11.3 Å². The lowest BCUT2D eigenvalue weighted by Gasteiger charge is -2.19. The first-order valence-corrected chi connectivity index (χ1v) is 7.53. The molecule has 1 N–H and O–H groups in total. The molecule has 5 heteroatoms. The molecular formula is C15H16N2O2S. The van der Waals surface area contributed by atoms with Gasteiger partial charge in [0.2, 0.25) is 0 Å². The summed E-state index contributed by atoms with van der Waals surface area (Å²) in [5.74, 6) is 0.871. The predicted octanol–water partition coefficient (Wildman–Crippen LogP) is 3.55. The van der Waals surface area contributed by atoms with Crippen LogP contribution in [0.1, 0.15) is 34.7 Å². The van der Waals surface area contributed by atoms with Gasteiger partial charge in [-0.2, -0.15) is 0 Å². The first kappa shape index (κ1) is 13.1. The lowest BCUT2D eigenvalue weighted by Crippen LogP contribution is -2.13. The summed E-state index contributed by atoms with van der Waals surface area (Å²) in [4.78, 5) is 4.40. The molecule has 1 aliphatic rings. The predicted molar refractivity (Wildman–Crippen MR) is 78.9 cm³/mol. The number of thiazole rings is 1. The zero-order valence-corrected chi connectivity index (χ0v) is 12.1. The van der Waals surface area contributed by atoms with Crippen molar-refractivity contribution in [1.82, 2.24) is 4.98 Å². The zero-order chi connectivity index (χ0) is 13.9. The first-order chi connectivity index (χ1) is 9.78. The summed E-state index contributed by atoms with van der Waals surface area (Å²) >= 11 is 1.61. The molecule has 0 saturated heterocycles. The molecule has 1 aromatic heterocycles. The van der Waals surface area contributed by atoms with Crippen molar-refractivity contribution < 1.29 is 9.94 Å². The molecule has 0 unspecified atom stereocenters. The topological polar surface area (TPSA) is 54.7 Å². The summed E-state index contributed by atoms with van der Waals surface area (Å²) in [5.41, 5.74) is 3.92. The highest BCUT2D eigenvalue weighted by Gasteiger charge is 2.19. The molecule has 0 fully saturated rings. The normalized spacial score (nSPS) is 16.1. The van der Waals surface area contributed by atoms with Crippen LogP contribution in [0.4, 0.5) is 0 Å². The number of hydrogen-bond donors (Lipinski definition) is 1. The Morgan fingerprint density at radius 1 is 1.40 bits per heavy atom. The van der Waals surface area contributed by atoms with E-state index in [2.05, 4.69) is 10.1 Å². The van der Waals surface area contributed by atoms with E-state index >= 15 is 0 Å². The monoisotopic (exact) mass is 288 g/mol. The summed E-state index contributed by atoms with van der Waals surface area (Å²) in [7, 11) is 0. The molecule has 3 rings (SSSR count). The Morgan fingerprint density at radius 3 is 3.05 bits per heavy atom. The lowest BCUT2D eigenvalue weighted by molar-refractivity contribution is 0.301. The van der Waals surface area contributed by atoms with Crippen LogP contribution < -0.4 is 4.74 Å². The standard InChI is InChI=1S/C15H16N2O2S/c1-10-9-20-15(16-10)8-19-14-7-3-4-11-12(14)5-2-6-13(11)17-18/h3-4,7,9,18H,2,5-6,8H2,1H3/b17-13+. The molecule has 1 aromatic carbocycles. The smallest absolute Gasteiger partial charge is 0.140 e. The Labute approximate surface area is 121 Å². The molecule has 104 valence electrons. The number of rotatable bonds is 3. The minimum atomic E-state index is 0.487. The third kappa shape index (κ3) is 2.54. The fourth-order valence-corrected chi connectivity index (χ4v) is 3.19. The molecule has 0 atom stereocenters. The lowest BCUT2D eigenvalue weighted by atomic mass is 9.89. The van der Waals surface area contributed by atoms with Crippen LogP contribution in [-0.4, -0.2) is 15.9 Å². The van der Waals surface area contributed by atoms with E-state index in [4.69, 9.17) is 9.94 Å².